The maximum absolute atomic E-state index is 4.83. The molecule has 24 heavy (non-hydrogen) atoms. The lowest BCUT2D eigenvalue weighted by Crippen LogP contribution is -2.42. The highest BCUT2D eigenvalue weighted by Crippen LogP contribution is 2.23. The van der Waals surface area contributed by atoms with Gasteiger partial charge in [0.05, 0.1) is 6.54 Å². The smallest absolute Gasteiger partial charge is 0.0646 e. The van der Waals surface area contributed by atoms with E-state index >= 15 is 0 Å². The van der Waals surface area contributed by atoms with E-state index in [1.165, 1.54) is 33.5 Å². The highest BCUT2D eigenvalue weighted by Gasteiger charge is 2.16. The fraction of sp³-hybridized carbons (Fsp3) is 0.381. The number of hydrogen-bond acceptors (Lipinski definition) is 3. The molecule has 0 bridgehead atoms. The third-order valence-corrected chi connectivity index (χ3v) is 5.19. The Labute approximate surface area is 144 Å². The minimum Gasteiger partial charge on any atom is -0.314 e. The summed E-state index contributed by atoms with van der Waals surface area (Å²) in [5, 5.41) is 3.41. The first-order valence-electron chi connectivity index (χ1n) is 8.93. The second-order valence-corrected chi connectivity index (χ2v) is 6.88. The van der Waals surface area contributed by atoms with E-state index in [0.29, 0.717) is 0 Å². The van der Waals surface area contributed by atoms with Crippen LogP contribution in [-0.2, 0) is 19.5 Å². The van der Waals surface area contributed by atoms with Crippen LogP contribution in [0.5, 0.6) is 0 Å². The van der Waals surface area contributed by atoms with E-state index in [-0.39, 0.29) is 0 Å². The summed E-state index contributed by atoms with van der Waals surface area (Å²) in [5.41, 5.74) is 8.13. The number of piperazine rings is 1. The standard InChI is InChI=1S/C21H25N3/c1-16-3-2-4-19-14-23-21(13-20(16)19)18-7-5-17(6-8-18)15-24-11-9-22-10-12-24/h2-8,22H,9-15H2,1H3. The van der Waals surface area contributed by atoms with Gasteiger partial charge in [-0.25, -0.2) is 0 Å². The number of benzene rings is 2. The first-order chi connectivity index (χ1) is 11.8. The molecule has 0 saturated carbocycles. The van der Waals surface area contributed by atoms with Crippen molar-refractivity contribution >= 4 is 5.71 Å². The molecule has 0 spiro atoms. The average molecular weight is 319 g/mol. The van der Waals surface area contributed by atoms with Gasteiger partial charge in [-0.1, -0.05) is 42.5 Å². The van der Waals surface area contributed by atoms with Crippen LogP contribution in [0.4, 0.5) is 0 Å². The van der Waals surface area contributed by atoms with Crippen molar-refractivity contribution in [2.75, 3.05) is 26.2 Å². The minimum absolute atomic E-state index is 0.814. The monoisotopic (exact) mass is 319 g/mol. The number of nitrogens with one attached hydrogen (secondary N) is 1. The van der Waals surface area contributed by atoms with Gasteiger partial charge in [0.15, 0.2) is 0 Å². The van der Waals surface area contributed by atoms with Crippen molar-refractivity contribution in [3.63, 3.8) is 0 Å². The van der Waals surface area contributed by atoms with Crippen molar-refractivity contribution in [2.45, 2.75) is 26.4 Å². The molecule has 0 radical (unpaired) electrons. The lowest BCUT2D eigenvalue weighted by molar-refractivity contribution is 0.233. The summed E-state index contributed by atoms with van der Waals surface area (Å²) in [6.45, 7) is 8.57. The SMILES string of the molecule is Cc1cccc2c1CC(c1ccc(CN3CCNCC3)cc1)=NC2. The van der Waals surface area contributed by atoms with Crippen LogP contribution >= 0.6 is 0 Å². The molecular formula is C21H25N3. The first kappa shape index (κ1) is 15.6. The van der Waals surface area contributed by atoms with Crippen molar-refractivity contribution in [3.05, 3.63) is 70.3 Å². The molecule has 2 aliphatic heterocycles. The predicted octanol–water partition coefficient (Wildman–Crippen LogP) is 2.95. The van der Waals surface area contributed by atoms with Crippen LogP contribution in [0.3, 0.4) is 0 Å². The Bertz CT molecular complexity index is 740. The summed E-state index contributed by atoms with van der Waals surface area (Å²) >= 11 is 0. The second kappa shape index (κ2) is 6.88. The van der Waals surface area contributed by atoms with Crippen molar-refractivity contribution in [2.24, 2.45) is 4.99 Å². The normalized spacial score (nSPS) is 18.1. The average Bonchev–Trinajstić information content (AvgIpc) is 2.63. The first-order valence-corrected chi connectivity index (χ1v) is 8.93. The third-order valence-electron chi connectivity index (χ3n) is 5.19. The van der Waals surface area contributed by atoms with E-state index in [9.17, 15) is 0 Å². The van der Waals surface area contributed by atoms with Crippen LogP contribution < -0.4 is 5.32 Å². The Kier molecular flexibility index (Phi) is 4.46. The van der Waals surface area contributed by atoms with Gasteiger partial charge in [0.25, 0.3) is 0 Å². The van der Waals surface area contributed by atoms with E-state index in [1.807, 2.05) is 0 Å². The van der Waals surface area contributed by atoms with E-state index < -0.39 is 0 Å². The predicted molar refractivity (Wildman–Crippen MR) is 99.7 cm³/mol. The maximum atomic E-state index is 4.83. The van der Waals surface area contributed by atoms with Gasteiger partial charge < -0.3 is 5.32 Å². The zero-order chi connectivity index (χ0) is 16.4. The van der Waals surface area contributed by atoms with Crippen LogP contribution in [0, 0.1) is 6.92 Å². The van der Waals surface area contributed by atoms with Crippen LogP contribution in [0.15, 0.2) is 47.5 Å². The molecule has 2 aliphatic rings. The Morgan fingerprint density at radius 1 is 1.04 bits per heavy atom. The highest BCUT2D eigenvalue weighted by atomic mass is 15.2. The van der Waals surface area contributed by atoms with Gasteiger partial charge in [0, 0.05) is 44.9 Å². The fourth-order valence-corrected chi connectivity index (χ4v) is 3.69. The largest absolute Gasteiger partial charge is 0.314 e. The molecule has 3 heteroatoms. The zero-order valence-corrected chi connectivity index (χ0v) is 14.4. The molecule has 3 nitrogen and oxygen atoms in total. The second-order valence-electron chi connectivity index (χ2n) is 6.88. The third kappa shape index (κ3) is 3.28. The molecule has 1 N–H and O–H groups in total. The Morgan fingerprint density at radius 2 is 1.83 bits per heavy atom. The van der Waals surface area contributed by atoms with Crippen molar-refractivity contribution in [1.82, 2.24) is 10.2 Å². The van der Waals surface area contributed by atoms with Gasteiger partial charge in [0.1, 0.15) is 0 Å². The maximum Gasteiger partial charge on any atom is 0.0646 e. The molecule has 0 amide bonds. The summed E-state index contributed by atoms with van der Waals surface area (Å²) < 4.78 is 0. The van der Waals surface area contributed by atoms with Crippen LogP contribution in [-0.4, -0.2) is 36.8 Å². The fourth-order valence-electron chi connectivity index (χ4n) is 3.69. The summed E-state index contributed by atoms with van der Waals surface area (Å²) in [5.74, 6) is 0. The molecule has 2 aromatic rings. The molecule has 0 unspecified atom stereocenters. The molecule has 1 fully saturated rings. The zero-order valence-electron chi connectivity index (χ0n) is 14.4. The summed E-state index contributed by atoms with van der Waals surface area (Å²) in [4.78, 5) is 7.34. The van der Waals surface area contributed by atoms with Gasteiger partial charge in [-0.05, 0) is 34.7 Å². The number of aliphatic imine (C=N–C) groups is 1. The molecule has 0 aromatic heterocycles. The van der Waals surface area contributed by atoms with E-state index in [1.54, 1.807) is 0 Å². The highest BCUT2D eigenvalue weighted by molar-refractivity contribution is 6.02. The molecule has 1 saturated heterocycles. The van der Waals surface area contributed by atoms with E-state index in [0.717, 1.165) is 45.7 Å². The molecular weight excluding hydrogens is 294 g/mol. The van der Waals surface area contributed by atoms with E-state index in [4.69, 9.17) is 4.99 Å². The van der Waals surface area contributed by atoms with Crippen molar-refractivity contribution in [3.8, 4) is 0 Å². The summed E-state index contributed by atoms with van der Waals surface area (Å²) in [6, 6.07) is 15.6. The van der Waals surface area contributed by atoms with Crippen LogP contribution in [0.25, 0.3) is 0 Å². The lowest BCUT2D eigenvalue weighted by Gasteiger charge is -2.27. The van der Waals surface area contributed by atoms with Gasteiger partial charge in [-0.3, -0.25) is 9.89 Å². The Morgan fingerprint density at radius 3 is 2.62 bits per heavy atom. The summed E-state index contributed by atoms with van der Waals surface area (Å²) in [7, 11) is 0. The van der Waals surface area contributed by atoms with Gasteiger partial charge in [0.2, 0.25) is 0 Å². The molecule has 4 rings (SSSR count). The molecule has 2 aromatic carbocycles. The van der Waals surface area contributed by atoms with Gasteiger partial charge in [-0.15, -0.1) is 0 Å². The summed E-state index contributed by atoms with van der Waals surface area (Å²) in [6.07, 6.45) is 0.957. The van der Waals surface area contributed by atoms with Crippen LogP contribution in [0.2, 0.25) is 0 Å². The van der Waals surface area contributed by atoms with Gasteiger partial charge in [-0.2, -0.15) is 0 Å². The quantitative estimate of drug-likeness (QED) is 0.942. The van der Waals surface area contributed by atoms with Crippen molar-refractivity contribution < 1.29 is 0 Å². The van der Waals surface area contributed by atoms with Crippen LogP contribution in [0.1, 0.15) is 27.8 Å². The number of nitrogens with zero attached hydrogens (tertiary/aromatic N) is 2. The minimum atomic E-state index is 0.814. The Hall–Kier alpha value is -1.97. The number of fused-ring (bicyclic) bond motifs is 1. The molecule has 0 atom stereocenters. The van der Waals surface area contributed by atoms with E-state index in [2.05, 4.69) is 59.6 Å². The van der Waals surface area contributed by atoms with Gasteiger partial charge >= 0.3 is 0 Å². The number of hydrogen-bond donors (Lipinski definition) is 1. The number of rotatable bonds is 3. The Balaban J connectivity index is 1.47. The number of aryl methyl sites for hydroxylation is 1. The topological polar surface area (TPSA) is 27.6 Å². The molecule has 0 aliphatic carbocycles. The molecule has 124 valence electrons. The van der Waals surface area contributed by atoms with Crippen molar-refractivity contribution in [1.29, 1.82) is 0 Å². The lowest BCUT2D eigenvalue weighted by atomic mass is 9.91. The molecule has 2 heterocycles.